The number of likely N-dealkylation sites (N-methyl/N-ethyl adjacent to an activating group) is 1. The first-order valence-electron chi connectivity index (χ1n) is 9.81. The molecule has 0 aliphatic carbocycles. The third kappa shape index (κ3) is 3.95. The van der Waals surface area contributed by atoms with Crippen molar-refractivity contribution < 1.29 is 14.6 Å². The molecule has 2 aromatic carbocycles. The van der Waals surface area contributed by atoms with E-state index in [0.29, 0.717) is 12.1 Å². The summed E-state index contributed by atoms with van der Waals surface area (Å²) in [5.74, 6) is -0.0691. The average molecular weight is 381 g/mol. The molecule has 4 rings (SSSR count). The molecule has 1 fully saturated rings. The third-order valence-electron chi connectivity index (χ3n) is 5.46. The highest BCUT2D eigenvalue weighted by Gasteiger charge is 2.38. The van der Waals surface area contributed by atoms with Gasteiger partial charge in [-0.1, -0.05) is 36.4 Å². The first-order valence-corrected chi connectivity index (χ1v) is 9.81. The summed E-state index contributed by atoms with van der Waals surface area (Å²) < 4.78 is 6.11. The number of β-amino-alcohol motifs (C(OH)–C–C–N with tert-alkyl or cyclic N) is 1. The minimum absolute atomic E-state index is 0.0691. The summed E-state index contributed by atoms with van der Waals surface area (Å²) in [6, 6.07) is 17.1. The van der Waals surface area contributed by atoms with E-state index in [2.05, 4.69) is 16.8 Å². The monoisotopic (exact) mass is 381 g/mol. The molecule has 2 unspecified atom stereocenters. The molecule has 2 aromatic rings. The van der Waals surface area contributed by atoms with E-state index in [1.54, 1.807) is 4.90 Å². The number of piperazine rings is 1. The van der Waals surface area contributed by atoms with E-state index in [0.717, 1.165) is 37.4 Å². The fourth-order valence-corrected chi connectivity index (χ4v) is 3.87. The molecular weight excluding hydrogens is 354 g/mol. The predicted octanol–water partition coefficient (Wildman–Crippen LogP) is 1.97. The minimum Gasteiger partial charge on any atom is -0.389 e. The van der Waals surface area contributed by atoms with E-state index in [-0.39, 0.29) is 12.5 Å². The lowest BCUT2D eigenvalue weighted by Gasteiger charge is -2.34. The van der Waals surface area contributed by atoms with Crippen LogP contribution in [-0.4, -0.2) is 73.3 Å². The first kappa shape index (κ1) is 19.1. The van der Waals surface area contributed by atoms with Crippen LogP contribution in [0.2, 0.25) is 0 Å². The van der Waals surface area contributed by atoms with E-state index in [1.807, 2.05) is 54.6 Å². The SMILES string of the molecule is CN1CCN(CC(O)COC2c3ccccc3C(=O)N2c2ccccc2)CC1. The Morgan fingerprint density at radius 1 is 1.04 bits per heavy atom. The van der Waals surface area contributed by atoms with Crippen molar-refractivity contribution in [3.63, 3.8) is 0 Å². The van der Waals surface area contributed by atoms with Gasteiger partial charge in [0.2, 0.25) is 0 Å². The number of aliphatic hydroxyl groups is 1. The van der Waals surface area contributed by atoms with Crippen LogP contribution in [0, 0.1) is 0 Å². The van der Waals surface area contributed by atoms with Gasteiger partial charge in [0.05, 0.1) is 12.7 Å². The number of anilines is 1. The Bertz CT molecular complexity index is 806. The number of aliphatic hydroxyl groups excluding tert-OH is 1. The molecule has 0 bridgehead atoms. The number of hydrogen-bond acceptors (Lipinski definition) is 5. The van der Waals surface area contributed by atoms with Crippen LogP contribution < -0.4 is 4.90 Å². The molecule has 2 atom stereocenters. The molecule has 2 aliphatic rings. The van der Waals surface area contributed by atoms with Crippen molar-refractivity contribution >= 4 is 11.6 Å². The molecule has 1 N–H and O–H groups in total. The maximum Gasteiger partial charge on any atom is 0.261 e. The van der Waals surface area contributed by atoms with Crippen LogP contribution in [0.15, 0.2) is 54.6 Å². The van der Waals surface area contributed by atoms with E-state index < -0.39 is 12.3 Å². The second-order valence-corrected chi connectivity index (χ2v) is 7.54. The molecule has 0 radical (unpaired) electrons. The molecule has 0 aromatic heterocycles. The first-order chi connectivity index (χ1) is 13.6. The number of rotatable bonds is 6. The maximum absolute atomic E-state index is 13.0. The second kappa shape index (κ2) is 8.41. The van der Waals surface area contributed by atoms with Gasteiger partial charge in [0.1, 0.15) is 0 Å². The Balaban J connectivity index is 1.46. The topological polar surface area (TPSA) is 56.2 Å². The van der Waals surface area contributed by atoms with Gasteiger partial charge in [-0.2, -0.15) is 0 Å². The summed E-state index contributed by atoms with van der Waals surface area (Å²) in [6.07, 6.45) is -1.11. The molecule has 0 saturated carbocycles. The van der Waals surface area contributed by atoms with Crippen molar-refractivity contribution in [1.29, 1.82) is 0 Å². The zero-order valence-electron chi connectivity index (χ0n) is 16.2. The smallest absolute Gasteiger partial charge is 0.261 e. The minimum atomic E-state index is -0.594. The number of hydrogen-bond donors (Lipinski definition) is 1. The Kier molecular flexibility index (Phi) is 5.73. The van der Waals surface area contributed by atoms with Gasteiger partial charge in [-0.15, -0.1) is 0 Å². The van der Waals surface area contributed by atoms with Gasteiger partial charge >= 0.3 is 0 Å². The zero-order valence-corrected chi connectivity index (χ0v) is 16.2. The summed E-state index contributed by atoms with van der Waals surface area (Å²) in [6.45, 7) is 4.70. The maximum atomic E-state index is 13.0. The van der Waals surface area contributed by atoms with Gasteiger partial charge in [-0.3, -0.25) is 14.6 Å². The van der Waals surface area contributed by atoms with Crippen LogP contribution in [0.3, 0.4) is 0 Å². The van der Waals surface area contributed by atoms with E-state index in [9.17, 15) is 9.90 Å². The van der Waals surface area contributed by atoms with Gasteiger partial charge < -0.3 is 14.7 Å². The lowest BCUT2D eigenvalue weighted by molar-refractivity contribution is -0.0234. The number of benzene rings is 2. The van der Waals surface area contributed by atoms with Gasteiger partial charge in [0.15, 0.2) is 6.23 Å². The van der Waals surface area contributed by atoms with Crippen LogP contribution in [0.4, 0.5) is 5.69 Å². The molecule has 2 heterocycles. The molecule has 1 saturated heterocycles. The lowest BCUT2D eigenvalue weighted by Crippen LogP contribution is -2.47. The second-order valence-electron chi connectivity index (χ2n) is 7.54. The molecule has 1 amide bonds. The van der Waals surface area contributed by atoms with Crippen molar-refractivity contribution in [3.05, 3.63) is 65.7 Å². The quantitative estimate of drug-likeness (QED) is 0.829. The lowest BCUT2D eigenvalue weighted by atomic mass is 10.1. The van der Waals surface area contributed by atoms with Crippen LogP contribution >= 0.6 is 0 Å². The zero-order chi connectivity index (χ0) is 19.5. The average Bonchev–Trinajstić information content (AvgIpc) is 3.01. The summed E-state index contributed by atoms with van der Waals surface area (Å²) in [4.78, 5) is 19.2. The van der Waals surface area contributed by atoms with E-state index in [4.69, 9.17) is 4.74 Å². The Morgan fingerprint density at radius 2 is 1.71 bits per heavy atom. The standard InChI is InChI=1S/C22H27N3O3/c1-23-11-13-24(14-12-23)15-18(26)16-28-22-20-10-6-5-9-19(20)21(27)25(22)17-7-3-2-4-8-17/h2-10,18,22,26H,11-16H2,1H3. The van der Waals surface area contributed by atoms with Crippen molar-refractivity contribution in [2.45, 2.75) is 12.3 Å². The van der Waals surface area contributed by atoms with Crippen molar-refractivity contribution in [3.8, 4) is 0 Å². The van der Waals surface area contributed by atoms with Crippen LogP contribution in [0.5, 0.6) is 0 Å². The van der Waals surface area contributed by atoms with Crippen molar-refractivity contribution in [2.75, 3.05) is 51.3 Å². The number of nitrogens with zero attached hydrogens (tertiary/aromatic N) is 3. The van der Waals surface area contributed by atoms with Crippen molar-refractivity contribution in [1.82, 2.24) is 9.80 Å². The predicted molar refractivity (Wildman–Crippen MR) is 108 cm³/mol. The number of ether oxygens (including phenoxy) is 1. The van der Waals surface area contributed by atoms with E-state index in [1.165, 1.54) is 0 Å². The summed E-state index contributed by atoms with van der Waals surface area (Å²) in [5, 5.41) is 10.5. The summed E-state index contributed by atoms with van der Waals surface area (Å²) in [7, 11) is 2.11. The highest BCUT2D eigenvalue weighted by Crippen LogP contribution is 2.38. The number of amides is 1. The number of para-hydroxylation sites is 1. The Morgan fingerprint density at radius 3 is 2.46 bits per heavy atom. The molecule has 6 nitrogen and oxygen atoms in total. The van der Waals surface area contributed by atoms with Crippen molar-refractivity contribution in [2.24, 2.45) is 0 Å². The van der Waals surface area contributed by atoms with Crippen LogP contribution in [0.25, 0.3) is 0 Å². The van der Waals surface area contributed by atoms with Gasteiger partial charge in [-0.25, -0.2) is 0 Å². The van der Waals surface area contributed by atoms with Gasteiger partial charge in [0.25, 0.3) is 5.91 Å². The normalized spacial score (nSPS) is 21.7. The van der Waals surface area contributed by atoms with E-state index >= 15 is 0 Å². The van der Waals surface area contributed by atoms with Gasteiger partial charge in [-0.05, 0) is 25.2 Å². The molecule has 2 aliphatic heterocycles. The number of carbonyl (C=O) groups is 1. The fraction of sp³-hybridized carbons (Fsp3) is 0.409. The third-order valence-corrected chi connectivity index (χ3v) is 5.46. The number of fused-ring (bicyclic) bond motifs is 1. The highest BCUT2D eigenvalue weighted by atomic mass is 16.5. The molecule has 0 spiro atoms. The molecule has 28 heavy (non-hydrogen) atoms. The molecule has 148 valence electrons. The number of carbonyl (C=O) groups excluding carboxylic acids is 1. The molecule has 6 heteroatoms. The Labute approximate surface area is 165 Å². The Hall–Kier alpha value is -2.25. The largest absolute Gasteiger partial charge is 0.389 e. The van der Waals surface area contributed by atoms with Gasteiger partial charge in [0, 0.05) is 49.5 Å². The molecular formula is C22H27N3O3. The summed E-state index contributed by atoms with van der Waals surface area (Å²) >= 11 is 0. The van der Waals surface area contributed by atoms with Crippen LogP contribution in [0.1, 0.15) is 22.1 Å². The summed E-state index contributed by atoms with van der Waals surface area (Å²) in [5.41, 5.74) is 2.30. The fourth-order valence-electron chi connectivity index (χ4n) is 3.87. The van der Waals surface area contributed by atoms with Crippen LogP contribution in [-0.2, 0) is 4.74 Å². The highest BCUT2D eigenvalue weighted by molar-refractivity contribution is 6.10.